The van der Waals surface area contributed by atoms with Gasteiger partial charge in [-0.25, -0.2) is 0 Å². The molecule has 78 valence electrons. The van der Waals surface area contributed by atoms with E-state index >= 15 is 0 Å². The van der Waals surface area contributed by atoms with Gasteiger partial charge in [-0.2, -0.15) is 5.26 Å². The van der Waals surface area contributed by atoms with Gasteiger partial charge in [0.2, 0.25) is 0 Å². The van der Waals surface area contributed by atoms with Crippen LogP contribution >= 0.6 is 11.6 Å². The van der Waals surface area contributed by atoms with Crippen LogP contribution in [0.2, 0.25) is 0 Å². The number of hydrogen-bond acceptors (Lipinski definition) is 1. The average molecular weight is 220 g/mol. The van der Waals surface area contributed by atoms with E-state index in [0.29, 0.717) is 16.5 Å². The highest BCUT2D eigenvalue weighted by Gasteiger charge is 2.03. The molecule has 1 aromatic carbocycles. The van der Waals surface area contributed by atoms with E-state index in [0.717, 1.165) is 5.56 Å². The van der Waals surface area contributed by atoms with Crippen molar-refractivity contribution in [2.75, 3.05) is 0 Å². The van der Waals surface area contributed by atoms with E-state index < -0.39 is 0 Å². The first-order chi connectivity index (χ1) is 7.06. The molecule has 0 spiro atoms. The van der Waals surface area contributed by atoms with Gasteiger partial charge in [-0.05, 0) is 24.0 Å². The summed E-state index contributed by atoms with van der Waals surface area (Å²) in [5.41, 5.74) is 2.73. The molecule has 0 unspecified atom stereocenters. The van der Waals surface area contributed by atoms with E-state index in [1.807, 2.05) is 30.3 Å². The van der Waals surface area contributed by atoms with E-state index in [2.05, 4.69) is 13.8 Å². The van der Waals surface area contributed by atoms with Crippen LogP contribution in [0.25, 0.3) is 5.03 Å². The van der Waals surface area contributed by atoms with E-state index in [1.165, 1.54) is 5.56 Å². The highest BCUT2D eigenvalue weighted by atomic mass is 35.5. The van der Waals surface area contributed by atoms with Crippen molar-refractivity contribution in [1.29, 1.82) is 5.26 Å². The Morgan fingerprint density at radius 2 is 1.80 bits per heavy atom. The van der Waals surface area contributed by atoms with Gasteiger partial charge >= 0.3 is 0 Å². The SMILES string of the molecule is CC(C#N)=C(Cl)c1ccc(C(C)C)cc1. The second-order valence-corrected chi connectivity index (χ2v) is 4.21. The fourth-order valence-corrected chi connectivity index (χ4v) is 1.45. The lowest BCUT2D eigenvalue weighted by atomic mass is 10.0. The van der Waals surface area contributed by atoms with Crippen molar-refractivity contribution in [2.45, 2.75) is 26.7 Å². The van der Waals surface area contributed by atoms with Crippen molar-refractivity contribution in [3.05, 3.63) is 41.0 Å². The van der Waals surface area contributed by atoms with Gasteiger partial charge in [0.15, 0.2) is 0 Å². The molecule has 0 saturated heterocycles. The maximum atomic E-state index is 8.72. The van der Waals surface area contributed by atoms with Crippen LogP contribution in [-0.2, 0) is 0 Å². The number of rotatable bonds is 2. The molecule has 1 aromatic rings. The zero-order valence-electron chi connectivity index (χ0n) is 9.21. The van der Waals surface area contributed by atoms with Crippen LogP contribution in [0.4, 0.5) is 0 Å². The van der Waals surface area contributed by atoms with E-state index in [9.17, 15) is 0 Å². The molecule has 0 aromatic heterocycles. The Kier molecular flexibility index (Phi) is 3.94. The molecule has 0 N–H and O–H groups in total. The van der Waals surface area contributed by atoms with Gasteiger partial charge in [-0.15, -0.1) is 0 Å². The third-order valence-corrected chi connectivity index (χ3v) is 2.83. The van der Waals surface area contributed by atoms with Crippen molar-refractivity contribution >= 4 is 16.6 Å². The second-order valence-electron chi connectivity index (χ2n) is 3.83. The number of halogens is 1. The first-order valence-corrected chi connectivity index (χ1v) is 5.31. The van der Waals surface area contributed by atoms with Crippen molar-refractivity contribution in [3.63, 3.8) is 0 Å². The van der Waals surface area contributed by atoms with Crippen LogP contribution in [0.5, 0.6) is 0 Å². The van der Waals surface area contributed by atoms with Crippen molar-refractivity contribution < 1.29 is 0 Å². The molecule has 15 heavy (non-hydrogen) atoms. The predicted octanol–water partition coefficient (Wildman–Crippen LogP) is 4.30. The molecule has 1 rings (SSSR count). The Labute approximate surface area is 96.0 Å². The molecule has 0 fully saturated rings. The van der Waals surface area contributed by atoms with Crippen LogP contribution in [0.3, 0.4) is 0 Å². The summed E-state index contributed by atoms with van der Waals surface area (Å²) < 4.78 is 0. The topological polar surface area (TPSA) is 23.8 Å². The van der Waals surface area contributed by atoms with Crippen molar-refractivity contribution in [1.82, 2.24) is 0 Å². The van der Waals surface area contributed by atoms with Gasteiger partial charge < -0.3 is 0 Å². The zero-order chi connectivity index (χ0) is 11.4. The lowest BCUT2D eigenvalue weighted by molar-refractivity contribution is 0.866. The van der Waals surface area contributed by atoms with Gasteiger partial charge in [-0.1, -0.05) is 49.7 Å². The molecule has 0 amide bonds. The summed E-state index contributed by atoms with van der Waals surface area (Å²) in [6, 6.07) is 10.1. The molecule has 2 heteroatoms. The molecule has 0 radical (unpaired) electrons. The molecule has 0 saturated carbocycles. The van der Waals surface area contributed by atoms with Crippen molar-refractivity contribution in [2.24, 2.45) is 0 Å². The normalized spacial score (nSPS) is 12.3. The van der Waals surface area contributed by atoms with Crippen LogP contribution in [0, 0.1) is 11.3 Å². The van der Waals surface area contributed by atoms with Gasteiger partial charge in [0.1, 0.15) is 0 Å². The maximum absolute atomic E-state index is 8.72. The first-order valence-electron chi connectivity index (χ1n) is 4.93. The second kappa shape index (κ2) is 5.00. The quantitative estimate of drug-likeness (QED) is 0.681. The Morgan fingerprint density at radius 3 is 2.20 bits per heavy atom. The number of allylic oxidation sites excluding steroid dienone is 1. The monoisotopic (exact) mass is 219 g/mol. The highest BCUT2D eigenvalue weighted by Crippen LogP contribution is 2.24. The van der Waals surface area contributed by atoms with Gasteiger partial charge in [0, 0.05) is 5.57 Å². The summed E-state index contributed by atoms with van der Waals surface area (Å²) in [5.74, 6) is 0.513. The molecular formula is C13H14ClN. The van der Waals surface area contributed by atoms with Crippen LogP contribution in [0.1, 0.15) is 37.8 Å². The van der Waals surface area contributed by atoms with E-state index in [-0.39, 0.29) is 0 Å². The molecule has 0 bridgehead atoms. The van der Waals surface area contributed by atoms with E-state index in [1.54, 1.807) is 6.92 Å². The molecule has 1 nitrogen and oxygen atoms in total. The highest BCUT2D eigenvalue weighted by molar-refractivity contribution is 6.49. The van der Waals surface area contributed by atoms with Crippen molar-refractivity contribution in [3.8, 4) is 6.07 Å². The minimum atomic E-state index is 0.513. The van der Waals surface area contributed by atoms with Crippen LogP contribution in [-0.4, -0.2) is 0 Å². The number of nitriles is 1. The Bertz CT molecular complexity index is 407. The summed E-state index contributed by atoms with van der Waals surface area (Å²) in [7, 11) is 0. The van der Waals surface area contributed by atoms with E-state index in [4.69, 9.17) is 16.9 Å². The molecule has 0 atom stereocenters. The molecule has 0 heterocycles. The lowest BCUT2D eigenvalue weighted by Gasteiger charge is -2.06. The number of hydrogen-bond donors (Lipinski definition) is 0. The van der Waals surface area contributed by atoms with Gasteiger partial charge in [0.05, 0.1) is 11.1 Å². The zero-order valence-corrected chi connectivity index (χ0v) is 9.97. The summed E-state index contributed by atoms with van der Waals surface area (Å²) in [6.45, 7) is 6.01. The standard InChI is InChI=1S/C13H14ClN/c1-9(2)11-4-6-12(7-5-11)13(14)10(3)8-15/h4-7,9H,1-3H3. The summed E-state index contributed by atoms with van der Waals surface area (Å²) >= 11 is 6.05. The largest absolute Gasteiger partial charge is 0.193 e. The van der Waals surface area contributed by atoms with Crippen LogP contribution < -0.4 is 0 Å². The first kappa shape index (κ1) is 11.8. The fourth-order valence-electron chi connectivity index (χ4n) is 1.28. The predicted molar refractivity (Wildman–Crippen MR) is 64.6 cm³/mol. The minimum Gasteiger partial charge on any atom is -0.193 e. The lowest BCUT2D eigenvalue weighted by Crippen LogP contribution is -1.88. The maximum Gasteiger partial charge on any atom is 0.0959 e. The Morgan fingerprint density at radius 1 is 1.27 bits per heavy atom. The minimum absolute atomic E-state index is 0.513. The number of nitrogens with zero attached hydrogens (tertiary/aromatic N) is 1. The molecule has 0 aliphatic rings. The molecular weight excluding hydrogens is 206 g/mol. The average Bonchev–Trinajstić information content (AvgIpc) is 2.27. The molecule has 0 aliphatic carbocycles. The third kappa shape index (κ3) is 2.84. The third-order valence-electron chi connectivity index (χ3n) is 2.33. The number of benzene rings is 1. The van der Waals surface area contributed by atoms with Gasteiger partial charge in [-0.3, -0.25) is 0 Å². The fraction of sp³-hybridized carbons (Fsp3) is 0.308. The van der Waals surface area contributed by atoms with Gasteiger partial charge in [0.25, 0.3) is 0 Å². The smallest absolute Gasteiger partial charge is 0.0959 e. The molecule has 0 aliphatic heterocycles. The Hall–Kier alpha value is -1.26. The summed E-state index contributed by atoms with van der Waals surface area (Å²) in [6.07, 6.45) is 0. The Balaban J connectivity index is 3.06. The van der Waals surface area contributed by atoms with Crippen LogP contribution in [0.15, 0.2) is 29.8 Å². The summed E-state index contributed by atoms with van der Waals surface area (Å²) in [5, 5.41) is 9.25. The summed E-state index contributed by atoms with van der Waals surface area (Å²) in [4.78, 5) is 0.